The molecule has 2 aliphatic heterocycles. The van der Waals surface area contributed by atoms with Crippen molar-refractivity contribution in [2.24, 2.45) is 0 Å². The minimum Gasteiger partial charge on any atom is -0.509 e. The summed E-state index contributed by atoms with van der Waals surface area (Å²) >= 11 is 0. The van der Waals surface area contributed by atoms with Gasteiger partial charge in [-0.05, 0) is 64.7 Å². The van der Waals surface area contributed by atoms with Crippen LogP contribution in [0.4, 0.5) is 22.7 Å². The van der Waals surface area contributed by atoms with Crippen LogP contribution in [0.5, 0.6) is 11.5 Å². The third-order valence-corrected chi connectivity index (χ3v) is 12.9. The molecular weight excluding hydrogens is 951 g/mol. The molecule has 0 amide bonds. The maximum Gasteiger partial charge on any atom is 0.162 e. The molecule has 0 bridgehead atoms. The average Bonchev–Trinajstić information content (AvgIpc) is 3.95. The number of hydrogen-bond acceptors (Lipinski definition) is 4. The van der Waals surface area contributed by atoms with E-state index in [1.807, 2.05) is 12.3 Å². The zero-order chi connectivity index (χ0) is 42.3. The van der Waals surface area contributed by atoms with Crippen molar-refractivity contribution in [1.82, 2.24) is 9.55 Å². The molecule has 2 aromatic heterocycles. The van der Waals surface area contributed by atoms with Crippen molar-refractivity contribution in [2.45, 2.75) is 64.5 Å². The minimum atomic E-state index is -0.0166. The molecule has 8 aromatic rings. The molecule has 11 rings (SSSR count). The molecular formula is C56H48BN4OPt-3. The Morgan fingerprint density at radius 3 is 2.02 bits per heavy atom. The van der Waals surface area contributed by atoms with Crippen LogP contribution in [0.15, 0.2) is 152 Å². The Balaban J connectivity index is 0.00000471. The fraction of sp³-hybridized carbons (Fsp3) is 0.179. The van der Waals surface area contributed by atoms with Crippen molar-refractivity contribution in [1.29, 1.82) is 0 Å². The van der Waals surface area contributed by atoms with Gasteiger partial charge < -0.3 is 19.1 Å². The largest absolute Gasteiger partial charge is 0.509 e. The van der Waals surface area contributed by atoms with Gasteiger partial charge in [-0.1, -0.05) is 155 Å². The summed E-state index contributed by atoms with van der Waals surface area (Å²) in [6, 6.07) is 56.8. The predicted molar refractivity (Wildman–Crippen MR) is 258 cm³/mol. The van der Waals surface area contributed by atoms with Crippen LogP contribution in [0.2, 0.25) is 5.31 Å². The zero-order valence-electron chi connectivity index (χ0n) is 36.5. The van der Waals surface area contributed by atoms with Crippen LogP contribution >= 0.6 is 0 Å². The second kappa shape index (κ2) is 15.6. The molecule has 0 saturated carbocycles. The monoisotopic (exact) mass is 998 g/mol. The van der Waals surface area contributed by atoms with Crippen LogP contribution in [0, 0.1) is 18.8 Å². The van der Waals surface area contributed by atoms with Gasteiger partial charge in [0.1, 0.15) is 5.82 Å². The molecule has 0 N–H and O–H groups in total. The zero-order valence-corrected chi connectivity index (χ0v) is 38.7. The Morgan fingerprint density at radius 2 is 1.35 bits per heavy atom. The summed E-state index contributed by atoms with van der Waals surface area (Å²) in [6.07, 6.45) is 7.61. The standard InChI is InChI=1S/C56H48BN4O.Pt/c1-55(2,3)39-30-31-58-51(32-39)61-49-29-17-26-45-52(49)53-46(57(45)56(4,5)6)34-42(35-50(53)61)62-41-23-15-22-40(33-41)59-36-60(48-28-14-13-27-47(48)59)54-43(37-18-9-7-10-19-37)24-16-25-44(54)38-20-11-8-12-21-38;/h7-25,27-32,34,36,45H,26H2,1-6H3;/q-3;. The van der Waals surface area contributed by atoms with Crippen molar-refractivity contribution in [3.63, 3.8) is 0 Å². The van der Waals surface area contributed by atoms with E-state index in [4.69, 9.17) is 9.72 Å². The summed E-state index contributed by atoms with van der Waals surface area (Å²) in [5.41, 5.74) is 15.0. The molecule has 1 atom stereocenters. The van der Waals surface area contributed by atoms with E-state index in [9.17, 15) is 0 Å². The van der Waals surface area contributed by atoms with Gasteiger partial charge in [0.05, 0.1) is 0 Å². The van der Waals surface area contributed by atoms with Crippen molar-refractivity contribution in [2.75, 3.05) is 9.80 Å². The summed E-state index contributed by atoms with van der Waals surface area (Å²) in [4.78, 5) is 9.53. The first kappa shape index (κ1) is 40.9. The maximum atomic E-state index is 6.91. The Kier molecular flexibility index (Phi) is 10.1. The number of aromatic nitrogens is 2. The van der Waals surface area contributed by atoms with Crippen LogP contribution < -0.4 is 20.0 Å². The number of anilines is 4. The fourth-order valence-electron chi connectivity index (χ4n) is 10.2. The molecule has 3 aliphatic rings. The summed E-state index contributed by atoms with van der Waals surface area (Å²) < 4.78 is 9.23. The van der Waals surface area contributed by atoms with Crippen molar-refractivity contribution in [3.8, 4) is 39.6 Å². The smallest absolute Gasteiger partial charge is 0.162 e. The van der Waals surface area contributed by atoms with E-state index in [1.165, 1.54) is 27.7 Å². The van der Waals surface area contributed by atoms with E-state index >= 15 is 0 Å². The number of nitrogens with zero attached hydrogens (tertiary/aromatic N) is 4. The van der Waals surface area contributed by atoms with Crippen molar-refractivity contribution in [3.05, 3.63) is 187 Å². The molecule has 7 heteroatoms. The summed E-state index contributed by atoms with van der Waals surface area (Å²) in [6.45, 7) is 16.4. The van der Waals surface area contributed by atoms with Crippen molar-refractivity contribution < 1.29 is 25.8 Å². The van der Waals surface area contributed by atoms with Gasteiger partial charge in [0.15, 0.2) is 6.71 Å². The van der Waals surface area contributed by atoms with E-state index in [-0.39, 0.29) is 31.8 Å². The van der Waals surface area contributed by atoms with Crippen molar-refractivity contribution >= 4 is 51.9 Å². The van der Waals surface area contributed by atoms with E-state index in [1.54, 1.807) is 0 Å². The normalized spacial score (nSPS) is 15.2. The van der Waals surface area contributed by atoms with E-state index in [2.05, 4.69) is 220 Å². The summed E-state index contributed by atoms with van der Waals surface area (Å²) in [5, 5.41) is 1.34. The Labute approximate surface area is 386 Å². The van der Waals surface area contributed by atoms with Crippen LogP contribution in [0.25, 0.3) is 45.1 Å². The molecule has 1 aliphatic carbocycles. The number of rotatable bonds is 7. The summed E-state index contributed by atoms with van der Waals surface area (Å²) in [7, 11) is 0. The molecule has 63 heavy (non-hydrogen) atoms. The molecule has 5 nitrogen and oxygen atoms in total. The second-order valence-electron chi connectivity index (χ2n) is 19.0. The average molecular weight is 999 g/mol. The number of pyridine rings is 1. The number of para-hydroxylation sites is 3. The number of fused-ring (bicyclic) bond motifs is 1. The molecule has 6 aromatic carbocycles. The van der Waals surface area contributed by atoms with Gasteiger partial charge in [-0.15, -0.1) is 48.1 Å². The Hall–Kier alpha value is -6.10. The molecule has 0 radical (unpaired) electrons. The molecule has 0 saturated heterocycles. The van der Waals surface area contributed by atoms with Gasteiger partial charge in [0.25, 0.3) is 0 Å². The Morgan fingerprint density at radius 1 is 0.698 bits per heavy atom. The molecule has 4 heterocycles. The van der Waals surface area contributed by atoms with E-state index in [0.717, 1.165) is 62.8 Å². The van der Waals surface area contributed by atoms with Gasteiger partial charge in [0, 0.05) is 72.6 Å². The minimum absolute atomic E-state index is 0. The van der Waals surface area contributed by atoms with E-state index < -0.39 is 0 Å². The fourth-order valence-corrected chi connectivity index (χ4v) is 10.2. The molecule has 0 fully saturated rings. The quantitative estimate of drug-likeness (QED) is 0.118. The predicted octanol–water partition coefficient (Wildman–Crippen LogP) is 14.0. The van der Waals surface area contributed by atoms with Crippen LogP contribution in [-0.2, 0) is 26.5 Å². The van der Waals surface area contributed by atoms with Crippen LogP contribution in [-0.4, -0.2) is 16.3 Å². The second-order valence-corrected chi connectivity index (χ2v) is 19.0. The summed E-state index contributed by atoms with van der Waals surface area (Å²) in [5.74, 6) is 2.60. The number of benzene rings is 6. The maximum absolute atomic E-state index is 6.91. The number of ether oxygens (including phenoxy) is 1. The number of hydrogen-bond donors (Lipinski definition) is 0. The first-order valence-electron chi connectivity index (χ1n) is 21.8. The van der Waals surface area contributed by atoms with Gasteiger partial charge in [-0.3, -0.25) is 0 Å². The third-order valence-electron chi connectivity index (χ3n) is 12.9. The molecule has 0 spiro atoms. The third kappa shape index (κ3) is 6.95. The van der Waals surface area contributed by atoms with Gasteiger partial charge >= 0.3 is 0 Å². The first-order valence-corrected chi connectivity index (χ1v) is 21.8. The van der Waals surface area contributed by atoms with Gasteiger partial charge in [0.2, 0.25) is 0 Å². The van der Waals surface area contributed by atoms with Crippen LogP contribution in [0.1, 0.15) is 70.6 Å². The molecule has 1 unspecified atom stereocenters. The topological polar surface area (TPSA) is 33.5 Å². The first-order chi connectivity index (χ1) is 30.0. The number of allylic oxidation sites excluding steroid dienone is 1. The Bertz CT molecular complexity index is 3000. The van der Waals surface area contributed by atoms with Gasteiger partial charge in [-0.2, -0.15) is 11.5 Å². The van der Waals surface area contributed by atoms with Gasteiger partial charge in [-0.25, -0.2) is 4.98 Å². The molecule has 314 valence electrons. The van der Waals surface area contributed by atoms with E-state index in [0.29, 0.717) is 24.0 Å². The van der Waals surface area contributed by atoms with Crippen LogP contribution in [0.3, 0.4) is 0 Å². The SMILES string of the molecule is CC(C)(C)B1c2cc(Oc3[c-]c(N4[CH-]N(c5c(-c6ccccc6)cccc5-c5ccccc5)c5ccccc54)ccc3)[c-]c3c2c2c(n3-c3cc(C(C)(C)C)ccn3)C=CCC12.[Pt].